The van der Waals surface area contributed by atoms with Crippen LogP contribution in [-0.4, -0.2) is 19.0 Å². The summed E-state index contributed by atoms with van der Waals surface area (Å²) in [7, 11) is 1.49. The number of nitrogens with one attached hydrogen (secondary N) is 3. The molecule has 1 atom stereocenters. The molecule has 0 spiro atoms. The van der Waals surface area contributed by atoms with Crippen molar-refractivity contribution in [3.8, 4) is 5.75 Å². The highest BCUT2D eigenvalue weighted by Gasteiger charge is 2.23. The number of benzene rings is 1. The lowest BCUT2D eigenvalue weighted by Gasteiger charge is -2.19. The highest BCUT2D eigenvalue weighted by molar-refractivity contribution is 7.10. The molecule has 1 aliphatic carbocycles. The summed E-state index contributed by atoms with van der Waals surface area (Å²) in [6, 6.07) is 4.29. The Hall–Kier alpha value is -2.25. The number of halogens is 1. The summed E-state index contributed by atoms with van der Waals surface area (Å²) < 4.78 is 5.17. The Morgan fingerprint density at radius 1 is 1.31 bits per heavy atom. The SMILES string of the molecule is COc1ccc(Cl)cc1NC(=O)NNC(=O)c1csc2c1CC[C@H](C)C2. The van der Waals surface area contributed by atoms with Crippen LogP contribution in [0, 0.1) is 5.92 Å². The summed E-state index contributed by atoms with van der Waals surface area (Å²) in [5.41, 5.74) is 6.96. The van der Waals surface area contributed by atoms with Gasteiger partial charge in [-0.3, -0.25) is 10.2 Å². The van der Waals surface area contributed by atoms with Gasteiger partial charge in [0.2, 0.25) is 0 Å². The van der Waals surface area contributed by atoms with E-state index < -0.39 is 6.03 Å². The van der Waals surface area contributed by atoms with Gasteiger partial charge in [-0.1, -0.05) is 18.5 Å². The lowest BCUT2D eigenvalue weighted by molar-refractivity contribution is 0.0937. The number of anilines is 1. The molecule has 3 N–H and O–H groups in total. The fourth-order valence-electron chi connectivity index (χ4n) is 2.98. The minimum atomic E-state index is -0.586. The molecule has 1 aromatic carbocycles. The number of thiophene rings is 1. The van der Waals surface area contributed by atoms with Crippen LogP contribution in [0.5, 0.6) is 5.75 Å². The van der Waals surface area contributed by atoms with Crippen molar-refractivity contribution in [3.63, 3.8) is 0 Å². The third-order valence-corrected chi connectivity index (χ3v) is 5.63. The lowest BCUT2D eigenvalue weighted by atomic mass is 9.88. The molecule has 8 heteroatoms. The predicted molar refractivity (Wildman–Crippen MR) is 103 cm³/mol. The van der Waals surface area contributed by atoms with Crippen LogP contribution in [0.15, 0.2) is 23.6 Å². The highest BCUT2D eigenvalue weighted by Crippen LogP contribution is 2.32. The molecule has 0 radical (unpaired) electrons. The van der Waals surface area contributed by atoms with Gasteiger partial charge in [0.1, 0.15) is 5.75 Å². The third-order valence-electron chi connectivity index (χ3n) is 4.35. The van der Waals surface area contributed by atoms with Crippen LogP contribution in [0.1, 0.15) is 34.1 Å². The second-order valence-corrected chi connectivity index (χ2v) is 7.68. The molecule has 1 aliphatic rings. The van der Waals surface area contributed by atoms with Gasteiger partial charge in [-0.05, 0) is 48.9 Å². The molecule has 1 aromatic heterocycles. The number of carbonyl (C=O) groups excluding carboxylic acids is 2. The van der Waals surface area contributed by atoms with Crippen molar-refractivity contribution in [1.82, 2.24) is 10.9 Å². The summed E-state index contributed by atoms with van der Waals surface area (Å²) in [5.74, 6) is 0.802. The maximum Gasteiger partial charge on any atom is 0.338 e. The normalized spacial score (nSPS) is 15.7. The van der Waals surface area contributed by atoms with Crippen LogP contribution in [0.25, 0.3) is 0 Å². The lowest BCUT2D eigenvalue weighted by Crippen LogP contribution is -2.44. The zero-order chi connectivity index (χ0) is 18.7. The Morgan fingerprint density at radius 3 is 2.88 bits per heavy atom. The third kappa shape index (κ3) is 4.11. The Kier molecular flexibility index (Phi) is 5.68. The zero-order valence-corrected chi connectivity index (χ0v) is 16.1. The van der Waals surface area contributed by atoms with E-state index in [0.29, 0.717) is 27.9 Å². The number of amides is 3. The van der Waals surface area contributed by atoms with E-state index in [9.17, 15) is 9.59 Å². The average molecular weight is 394 g/mol. The number of hydrogen-bond donors (Lipinski definition) is 3. The molecule has 3 amide bonds. The van der Waals surface area contributed by atoms with Crippen LogP contribution in [-0.2, 0) is 12.8 Å². The van der Waals surface area contributed by atoms with Crippen molar-refractivity contribution in [2.75, 3.05) is 12.4 Å². The van der Waals surface area contributed by atoms with Crippen molar-refractivity contribution < 1.29 is 14.3 Å². The number of hydrogen-bond acceptors (Lipinski definition) is 4. The standard InChI is InChI=1S/C18H20ClN3O3S/c1-10-3-5-12-13(9-26-16(12)7-10)17(23)21-22-18(24)20-14-8-11(19)4-6-15(14)25-2/h4,6,8-10H,3,5,7H2,1-2H3,(H,21,23)(H2,20,22,24)/t10-/m0/s1. The maximum atomic E-state index is 12.4. The van der Waals surface area contributed by atoms with Crippen molar-refractivity contribution in [2.24, 2.45) is 5.92 Å². The topological polar surface area (TPSA) is 79.5 Å². The molecule has 3 rings (SSSR count). The molecular formula is C18H20ClN3O3S. The molecule has 26 heavy (non-hydrogen) atoms. The van der Waals surface area contributed by atoms with Crippen LogP contribution in [0.4, 0.5) is 10.5 Å². The summed E-state index contributed by atoms with van der Waals surface area (Å²) in [5, 5.41) is 4.92. The molecular weight excluding hydrogens is 374 g/mol. The number of hydrazine groups is 1. The molecule has 0 saturated heterocycles. The summed E-state index contributed by atoms with van der Waals surface area (Å²) in [6.07, 6.45) is 2.98. The van der Waals surface area contributed by atoms with Gasteiger partial charge in [0, 0.05) is 15.3 Å². The number of methoxy groups -OCH3 is 1. The van der Waals surface area contributed by atoms with Gasteiger partial charge in [-0.15, -0.1) is 11.3 Å². The number of fused-ring (bicyclic) bond motifs is 1. The maximum absolute atomic E-state index is 12.4. The van der Waals surface area contributed by atoms with E-state index in [0.717, 1.165) is 24.8 Å². The Balaban J connectivity index is 1.60. The Bertz CT molecular complexity index is 837. The number of rotatable bonds is 3. The smallest absolute Gasteiger partial charge is 0.338 e. The number of urea groups is 1. The quantitative estimate of drug-likeness (QED) is 0.689. The van der Waals surface area contributed by atoms with E-state index in [1.807, 2.05) is 5.38 Å². The molecule has 0 bridgehead atoms. The van der Waals surface area contributed by atoms with Crippen LogP contribution in [0.2, 0.25) is 5.02 Å². The monoisotopic (exact) mass is 393 g/mol. The molecule has 138 valence electrons. The first kappa shape index (κ1) is 18.5. The van der Waals surface area contributed by atoms with Crippen molar-refractivity contribution >= 4 is 40.6 Å². The largest absolute Gasteiger partial charge is 0.495 e. The Labute approximate surface area is 160 Å². The van der Waals surface area contributed by atoms with E-state index in [-0.39, 0.29) is 5.91 Å². The average Bonchev–Trinajstić information content (AvgIpc) is 3.03. The molecule has 0 unspecified atom stereocenters. The fourth-order valence-corrected chi connectivity index (χ4v) is 4.40. The van der Waals surface area contributed by atoms with E-state index in [1.54, 1.807) is 29.5 Å². The minimum absolute atomic E-state index is 0.315. The van der Waals surface area contributed by atoms with Gasteiger partial charge in [0.25, 0.3) is 5.91 Å². The first-order valence-corrected chi connectivity index (χ1v) is 9.53. The molecule has 0 fully saturated rings. The first-order valence-electron chi connectivity index (χ1n) is 8.28. The van der Waals surface area contributed by atoms with Gasteiger partial charge in [-0.25, -0.2) is 10.2 Å². The van der Waals surface area contributed by atoms with E-state index >= 15 is 0 Å². The number of ether oxygens (including phenoxy) is 1. The molecule has 6 nitrogen and oxygen atoms in total. The van der Waals surface area contributed by atoms with Gasteiger partial charge in [0.05, 0.1) is 18.4 Å². The molecule has 0 saturated carbocycles. The molecule has 2 aromatic rings. The van der Waals surface area contributed by atoms with E-state index in [1.165, 1.54) is 12.0 Å². The van der Waals surface area contributed by atoms with Crippen LogP contribution < -0.4 is 20.9 Å². The second-order valence-electron chi connectivity index (χ2n) is 6.28. The molecule has 0 aliphatic heterocycles. The Morgan fingerprint density at radius 2 is 2.12 bits per heavy atom. The number of carbonyl (C=O) groups is 2. The summed E-state index contributed by atoms with van der Waals surface area (Å²) in [4.78, 5) is 25.7. The fraction of sp³-hybridized carbons (Fsp3) is 0.333. The van der Waals surface area contributed by atoms with Gasteiger partial charge in [0.15, 0.2) is 0 Å². The van der Waals surface area contributed by atoms with Gasteiger partial charge < -0.3 is 10.1 Å². The molecule has 1 heterocycles. The van der Waals surface area contributed by atoms with Crippen molar-refractivity contribution in [1.29, 1.82) is 0 Å². The van der Waals surface area contributed by atoms with Gasteiger partial charge in [-0.2, -0.15) is 0 Å². The summed E-state index contributed by atoms with van der Waals surface area (Å²) >= 11 is 7.54. The second kappa shape index (κ2) is 7.97. The van der Waals surface area contributed by atoms with Crippen molar-refractivity contribution in [2.45, 2.75) is 26.2 Å². The summed E-state index contributed by atoms with van der Waals surface area (Å²) in [6.45, 7) is 2.22. The minimum Gasteiger partial charge on any atom is -0.495 e. The zero-order valence-electron chi connectivity index (χ0n) is 14.5. The van der Waals surface area contributed by atoms with Crippen molar-refractivity contribution in [3.05, 3.63) is 44.6 Å². The van der Waals surface area contributed by atoms with E-state index in [2.05, 4.69) is 23.1 Å². The van der Waals surface area contributed by atoms with E-state index in [4.69, 9.17) is 16.3 Å². The first-order chi connectivity index (χ1) is 12.5. The van der Waals surface area contributed by atoms with Gasteiger partial charge >= 0.3 is 6.03 Å². The highest BCUT2D eigenvalue weighted by atomic mass is 35.5. The van der Waals surface area contributed by atoms with Crippen LogP contribution in [0.3, 0.4) is 0 Å². The predicted octanol–water partition coefficient (Wildman–Crippen LogP) is 4.00. The van der Waals surface area contributed by atoms with Crippen LogP contribution >= 0.6 is 22.9 Å².